The molecular weight excluding hydrogens is 376 g/mol. The fraction of sp³-hybridized carbons (Fsp3) is 0.320. The third-order valence-corrected chi connectivity index (χ3v) is 5.85. The zero-order valence-corrected chi connectivity index (χ0v) is 17.6. The van der Waals surface area contributed by atoms with E-state index in [1.165, 1.54) is 0 Å². The summed E-state index contributed by atoms with van der Waals surface area (Å²) in [6, 6.07) is 11.6. The Morgan fingerprint density at radius 3 is 2.50 bits per heavy atom. The van der Waals surface area contributed by atoms with Gasteiger partial charge in [-0.1, -0.05) is 49.4 Å². The number of ketones is 1. The smallest absolute Gasteiger partial charge is 0.232 e. The third kappa shape index (κ3) is 4.18. The van der Waals surface area contributed by atoms with Gasteiger partial charge in [-0.05, 0) is 36.7 Å². The highest BCUT2D eigenvalue weighted by molar-refractivity contribution is 6.14. The molecule has 1 N–H and O–H groups in total. The molecule has 0 aromatic heterocycles. The second-order valence-electron chi connectivity index (χ2n) is 7.84. The molecule has 2 heterocycles. The first kappa shape index (κ1) is 20.4. The number of allylic oxidation sites excluding steroid dienone is 3. The van der Waals surface area contributed by atoms with Gasteiger partial charge in [0, 0.05) is 32.7 Å². The van der Waals surface area contributed by atoms with Gasteiger partial charge in [0.1, 0.15) is 11.5 Å². The second-order valence-corrected chi connectivity index (χ2v) is 7.84. The molecule has 5 heteroatoms. The maximum atomic E-state index is 13.0. The fourth-order valence-electron chi connectivity index (χ4n) is 4.05. The van der Waals surface area contributed by atoms with Gasteiger partial charge >= 0.3 is 0 Å². The van der Waals surface area contributed by atoms with Gasteiger partial charge in [-0.25, -0.2) is 0 Å². The SMILES string of the molecule is CCN1CCN(Cc2c(O)cc(C)c3c2O/C(=C\C=C\c2ccccc2)C3=O)CC1. The largest absolute Gasteiger partial charge is 0.507 e. The van der Waals surface area contributed by atoms with Gasteiger partial charge in [0.2, 0.25) is 5.78 Å². The highest BCUT2D eigenvalue weighted by atomic mass is 16.5. The highest BCUT2D eigenvalue weighted by Gasteiger charge is 2.33. The summed E-state index contributed by atoms with van der Waals surface area (Å²) in [6.07, 6.45) is 5.47. The summed E-state index contributed by atoms with van der Waals surface area (Å²) in [7, 11) is 0. The van der Waals surface area contributed by atoms with Crippen molar-refractivity contribution < 1.29 is 14.6 Å². The molecule has 4 rings (SSSR count). The van der Waals surface area contributed by atoms with Crippen molar-refractivity contribution in [3.63, 3.8) is 0 Å². The monoisotopic (exact) mass is 404 g/mol. The maximum Gasteiger partial charge on any atom is 0.232 e. The molecule has 156 valence electrons. The first-order valence-electron chi connectivity index (χ1n) is 10.5. The van der Waals surface area contributed by atoms with Crippen LogP contribution in [0.1, 0.15) is 34.0 Å². The predicted octanol–water partition coefficient (Wildman–Crippen LogP) is 4.01. The number of phenols is 1. The summed E-state index contributed by atoms with van der Waals surface area (Å²) >= 11 is 0. The van der Waals surface area contributed by atoms with E-state index in [4.69, 9.17) is 4.74 Å². The Balaban J connectivity index is 1.57. The Hall–Kier alpha value is -2.89. The van der Waals surface area contributed by atoms with Crippen molar-refractivity contribution in [3.05, 3.63) is 76.6 Å². The number of likely N-dealkylation sites (N-methyl/N-ethyl adjacent to an activating group) is 1. The molecule has 2 aromatic carbocycles. The number of rotatable bonds is 5. The molecule has 1 saturated heterocycles. The second kappa shape index (κ2) is 8.86. The van der Waals surface area contributed by atoms with Crippen LogP contribution in [0.2, 0.25) is 0 Å². The van der Waals surface area contributed by atoms with Crippen molar-refractivity contribution in [1.82, 2.24) is 9.80 Å². The maximum absolute atomic E-state index is 13.0. The number of ether oxygens (including phenoxy) is 1. The lowest BCUT2D eigenvalue weighted by molar-refractivity contribution is 0.101. The Morgan fingerprint density at radius 1 is 1.10 bits per heavy atom. The predicted molar refractivity (Wildman–Crippen MR) is 119 cm³/mol. The van der Waals surface area contributed by atoms with Crippen LogP contribution >= 0.6 is 0 Å². The molecule has 1 fully saturated rings. The van der Waals surface area contributed by atoms with E-state index in [1.54, 1.807) is 12.1 Å². The number of carbonyl (C=O) groups excluding carboxylic acids is 1. The van der Waals surface area contributed by atoms with Crippen molar-refractivity contribution in [1.29, 1.82) is 0 Å². The van der Waals surface area contributed by atoms with Crippen molar-refractivity contribution in [3.8, 4) is 11.5 Å². The van der Waals surface area contributed by atoms with Crippen molar-refractivity contribution in [2.45, 2.75) is 20.4 Å². The molecule has 2 aliphatic heterocycles. The summed E-state index contributed by atoms with van der Waals surface area (Å²) < 4.78 is 6.00. The Morgan fingerprint density at radius 2 is 1.80 bits per heavy atom. The average Bonchev–Trinajstić information content (AvgIpc) is 3.09. The van der Waals surface area contributed by atoms with Gasteiger partial charge in [-0.3, -0.25) is 9.69 Å². The number of fused-ring (bicyclic) bond motifs is 1. The third-order valence-electron chi connectivity index (χ3n) is 5.85. The summed E-state index contributed by atoms with van der Waals surface area (Å²) in [5.41, 5.74) is 3.05. The van der Waals surface area contributed by atoms with E-state index in [0.717, 1.165) is 43.9 Å². The van der Waals surface area contributed by atoms with E-state index in [2.05, 4.69) is 16.7 Å². The average molecular weight is 405 g/mol. The van der Waals surface area contributed by atoms with Crippen LogP contribution in [0.4, 0.5) is 0 Å². The van der Waals surface area contributed by atoms with E-state index < -0.39 is 0 Å². The van der Waals surface area contributed by atoms with Gasteiger partial charge < -0.3 is 14.7 Å². The molecule has 2 aromatic rings. The van der Waals surface area contributed by atoms with Crippen LogP contribution in [-0.4, -0.2) is 53.4 Å². The number of hydrogen-bond acceptors (Lipinski definition) is 5. The highest BCUT2D eigenvalue weighted by Crippen LogP contribution is 2.42. The summed E-state index contributed by atoms with van der Waals surface area (Å²) in [6.45, 7) is 9.55. The molecule has 0 atom stereocenters. The van der Waals surface area contributed by atoms with Crippen LogP contribution < -0.4 is 4.74 Å². The Bertz CT molecular complexity index is 987. The molecule has 0 bridgehead atoms. The summed E-state index contributed by atoms with van der Waals surface area (Å²) in [5, 5.41) is 10.6. The van der Waals surface area contributed by atoms with Gasteiger partial charge in [0.25, 0.3) is 0 Å². The van der Waals surface area contributed by atoms with E-state index in [9.17, 15) is 9.90 Å². The molecule has 2 aliphatic rings. The van der Waals surface area contributed by atoms with Crippen LogP contribution in [0.3, 0.4) is 0 Å². The Labute approximate surface area is 177 Å². The molecule has 0 spiro atoms. The molecule has 0 radical (unpaired) electrons. The van der Waals surface area contributed by atoms with Crippen molar-refractivity contribution in [2.24, 2.45) is 0 Å². The summed E-state index contributed by atoms with van der Waals surface area (Å²) in [4.78, 5) is 17.7. The lowest BCUT2D eigenvalue weighted by Crippen LogP contribution is -2.45. The number of nitrogens with zero attached hydrogens (tertiary/aromatic N) is 2. The first-order valence-corrected chi connectivity index (χ1v) is 10.5. The van der Waals surface area contributed by atoms with Gasteiger partial charge in [-0.15, -0.1) is 0 Å². The molecule has 0 aliphatic carbocycles. The number of aryl methyl sites for hydroxylation is 1. The van der Waals surface area contributed by atoms with Gasteiger partial charge in [-0.2, -0.15) is 0 Å². The lowest BCUT2D eigenvalue weighted by Gasteiger charge is -2.34. The van der Waals surface area contributed by atoms with Crippen LogP contribution in [0.5, 0.6) is 11.5 Å². The van der Waals surface area contributed by atoms with Gasteiger partial charge in [0.15, 0.2) is 5.76 Å². The van der Waals surface area contributed by atoms with Gasteiger partial charge in [0.05, 0.1) is 11.1 Å². The van der Waals surface area contributed by atoms with E-state index >= 15 is 0 Å². The zero-order valence-electron chi connectivity index (χ0n) is 17.6. The number of piperazine rings is 1. The molecular formula is C25H28N2O3. The molecule has 0 saturated carbocycles. The number of phenolic OH excluding ortho intramolecular Hbond substituents is 1. The minimum Gasteiger partial charge on any atom is -0.507 e. The number of Topliss-reactive ketones (excluding diaryl/α,β-unsaturated/α-hetero) is 1. The molecule has 30 heavy (non-hydrogen) atoms. The van der Waals surface area contributed by atoms with Crippen LogP contribution in [0, 0.1) is 6.92 Å². The van der Waals surface area contributed by atoms with Crippen LogP contribution in [0.25, 0.3) is 6.08 Å². The Kier molecular flexibility index (Phi) is 6.02. The van der Waals surface area contributed by atoms with E-state index in [-0.39, 0.29) is 11.5 Å². The first-order chi connectivity index (χ1) is 14.6. The van der Waals surface area contributed by atoms with E-state index in [1.807, 2.05) is 49.4 Å². The lowest BCUT2D eigenvalue weighted by atomic mass is 9.99. The fourth-order valence-corrected chi connectivity index (χ4v) is 4.05. The molecule has 5 nitrogen and oxygen atoms in total. The van der Waals surface area contributed by atoms with Crippen molar-refractivity contribution in [2.75, 3.05) is 32.7 Å². The summed E-state index contributed by atoms with van der Waals surface area (Å²) in [5.74, 6) is 0.869. The minimum absolute atomic E-state index is 0.128. The minimum atomic E-state index is -0.128. The van der Waals surface area contributed by atoms with Crippen LogP contribution in [-0.2, 0) is 6.54 Å². The molecule has 0 amide bonds. The van der Waals surface area contributed by atoms with Crippen LogP contribution in [0.15, 0.2) is 54.3 Å². The topological polar surface area (TPSA) is 53.0 Å². The molecule has 0 unspecified atom stereocenters. The quantitative estimate of drug-likeness (QED) is 0.763. The zero-order chi connectivity index (χ0) is 21.1. The van der Waals surface area contributed by atoms with Crippen molar-refractivity contribution >= 4 is 11.9 Å². The number of carbonyl (C=O) groups is 1. The van der Waals surface area contributed by atoms with E-state index in [0.29, 0.717) is 29.2 Å². The number of aromatic hydroxyl groups is 1. The normalized spacial score (nSPS) is 18.9. The number of benzene rings is 2. The standard InChI is InChI=1S/C25H28N2O3/c1-3-26-12-14-27(15-13-26)17-20-21(28)16-18(2)23-24(29)22(30-25(20)23)11-7-10-19-8-5-4-6-9-19/h4-11,16,28H,3,12-15,17H2,1-2H3/b10-7+,22-11-. The number of hydrogen-bond donors (Lipinski definition) is 1.